The molecule has 0 N–H and O–H groups in total. The normalized spacial score (nSPS) is 10.3. The van der Waals surface area contributed by atoms with Crippen molar-refractivity contribution in [2.75, 3.05) is 0 Å². The van der Waals surface area contributed by atoms with Crippen LogP contribution in [0.25, 0.3) is 5.13 Å². The van der Waals surface area contributed by atoms with Gasteiger partial charge in [0.2, 0.25) is 0 Å². The van der Waals surface area contributed by atoms with Crippen LogP contribution in [0.4, 0.5) is 0 Å². The van der Waals surface area contributed by atoms with E-state index in [4.69, 9.17) is 0 Å². The van der Waals surface area contributed by atoms with E-state index in [2.05, 4.69) is 11.9 Å². The Labute approximate surface area is 69.1 Å². The first-order chi connectivity index (χ1) is 5.36. The summed E-state index contributed by atoms with van der Waals surface area (Å²) < 4.78 is 2.01. The largest absolute Gasteiger partial charge is 0.300 e. The van der Waals surface area contributed by atoms with Crippen LogP contribution >= 0.6 is 11.3 Å². The summed E-state index contributed by atoms with van der Waals surface area (Å²) in [5.74, 6) is 0. The molecule has 2 heterocycles. The van der Waals surface area contributed by atoms with Crippen molar-refractivity contribution in [1.82, 2.24) is 9.55 Å². The molecule has 0 aliphatic rings. The van der Waals surface area contributed by atoms with Crippen LogP contribution < -0.4 is 0 Å². The molecular weight excluding hydrogens is 156 g/mol. The number of aryl methyl sites for hydroxylation is 1. The monoisotopic (exact) mass is 164 g/mol. The minimum absolute atomic E-state index is 1.03. The SMILES string of the molecule is Cc1cnc(-n2cccc2)s1. The number of hydrogen-bond donors (Lipinski definition) is 0. The van der Waals surface area contributed by atoms with Gasteiger partial charge in [0.05, 0.1) is 0 Å². The molecule has 0 spiro atoms. The van der Waals surface area contributed by atoms with E-state index in [1.54, 1.807) is 11.3 Å². The molecule has 2 nitrogen and oxygen atoms in total. The van der Waals surface area contributed by atoms with Crippen molar-refractivity contribution in [2.45, 2.75) is 6.92 Å². The topological polar surface area (TPSA) is 17.8 Å². The maximum atomic E-state index is 4.24. The van der Waals surface area contributed by atoms with Crippen LogP contribution in [-0.2, 0) is 0 Å². The van der Waals surface area contributed by atoms with E-state index in [-0.39, 0.29) is 0 Å². The Morgan fingerprint density at radius 1 is 1.36 bits per heavy atom. The van der Waals surface area contributed by atoms with Crippen LogP contribution in [0, 0.1) is 6.92 Å². The van der Waals surface area contributed by atoms with Crippen LogP contribution in [0.5, 0.6) is 0 Å². The zero-order valence-electron chi connectivity index (χ0n) is 6.19. The lowest BCUT2D eigenvalue weighted by Crippen LogP contribution is -1.85. The average molecular weight is 164 g/mol. The Hall–Kier alpha value is -1.09. The van der Waals surface area contributed by atoms with Crippen molar-refractivity contribution in [1.29, 1.82) is 0 Å². The van der Waals surface area contributed by atoms with Crippen molar-refractivity contribution in [3.8, 4) is 5.13 Å². The number of nitrogens with zero attached hydrogens (tertiary/aromatic N) is 2. The van der Waals surface area contributed by atoms with Gasteiger partial charge in [-0.3, -0.25) is 0 Å². The maximum Gasteiger partial charge on any atom is 0.193 e. The molecule has 2 aromatic rings. The molecule has 2 rings (SSSR count). The quantitative estimate of drug-likeness (QED) is 0.632. The Bertz CT molecular complexity index is 335. The summed E-state index contributed by atoms with van der Waals surface area (Å²) in [5, 5.41) is 1.03. The van der Waals surface area contributed by atoms with Gasteiger partial charge in [0, 0.05) is 23.5 Å². The molecule has 3 heteroatoms. The average Bonchev–Trinajstić information content (AvgIpc) is 2.55. The second-order valence-corrected chi connectivity index (χ2v) is 3.56. The highest BCUT2D eigenvalue weighted by atomic mass is 32.1. The Kier molecular flexibility index (Phi) is 1.51. The molecule has 11 heavy (non-hydrogen) atoms. The zero-order chi connectivity index (χ0) is 7.68. The number of thiazole rings is 1. The van der Waals surface area contributed by atoms with Gasteiger partial charge in [-0.2, -0.15) is 0 Å². The lowest BCUT2D eigenvalue weighted by molar-refractivity contribution is 1.05. The molecule has 0 aromatic carbocycles. The fraction of sp³-hybridized carbons (Fsp3) is 0.125. The third-order valence-electron chi connectivity index (χ3n) is 1.43. The highest BCUT2D eigenvalue weighted by molar-refractivity contribution is 7.13. The third kappa shape index (κ3) is 1.19. The molecule has 0 bridgehead atoms. The van der Waals surface area contributed by atoms with Crippen molar-refractivity contribution in [3.63, 3.8) is 0 Å². The summed E-state index contributed by atoms with van der Waals surface area (Å²) in [5.41, 5.74) is 0. The fourth-order valence-corrected chi connectivity index (χ4v) is 1.65. The molecule has 56 valence electrons. The van der Waals surface area contributed by atoms with Crippen LogP contribution in [0.2, 0.25) is 0 Å². The van der Waals surface area contributed by atoms with Gasteiger partial charge < -0.3 is 4.57 Å². The second kappa shape index (κ2) is 2.51. The molecule has 0 saturated heterocycles. The molecular formula is C8H8N2S. The first kappa shape index (κ1) is 6.61. The van der Waals surface area contributed by atoms with Gasteiger partial charge >= 0.3 is 0 Å². The van der Waals surface area contributed by atoms with Gasteiger partial charge in [-0.05, 0) is 19.1 Å². The lowest BCUT2D eigenvalue weighted by atomic mass is 10.7. The fourth-order valence-electron chi connectivity index (χ4n) is 0.924. The Morgan fingerprint density at radius 3 is 2.64 bits per heavy atom. The Balaban J connectivity index is 2.45. The standard InChI is InChI=1S/C8H8N2S/c1-7-6-9-8(11-7)10-4-2-3-5-10/h2-6H,1H3. The molecule has 0 atom stereocenters. The van der Waals surface area contributed by atoms with Crippen molar-refractivity contribution in [2.24, 2.45) is 0 Å². The van der Waals surface area contributed by atoms with Crippen molar-refractivity contribution < 1.29 is 0 Å². The maximum absolute atomic E-state index is 4.24. The Morgan fingerprint density at radius 2 is 2.09 bits per heavy atom. The van der Waals surface area contributed by atoms with E-state index in [9.17, 15) is 0 Å². The van der Waals surface area contributed by atoms with Crippen LogP contribution in [0.3, 0.4) is 0 Å². The summed E-state index contributed by atoms with van der Waals surface area (Å²) in [6, 6.07) is 3.99. The predicted octanol–water partition coefficient (Wildman–Crippen LogP) is 2.24. The highest BCUT2D eigenvalue weighted by Crippen LogP contribution is 2.15. The molecule has 0 saturated carbocycles. The molecule has 0 aliphatic carbocycles. The van der Waals surface area contributed by atoms with E-state index < -0.39 is 0 Å². The first-order valence-corrected chi connectivity index (χ1v) is 4.24. The van der Waals surface area contributed by atoms with Gasteiger partial charge in [0.15, 0.2) is 5.13 Å². The summed E-state index contributed by atoms with van der Waals surface area (Å²) in [6.07, 6.45) is 5.89. The minimum atomic E-state index is 1.03. The van der Waals surface area contributed by atoms with Crippen LogP contribution in [0.15, 0.2) is 30.7 Å². The van der Waals surface area contributed by atoms with Gasteiger partial charge in [0.25, 0.3) is 0 Å². The summed E-state index contributed by atoms with van der Waals surface area (Å²) in [4.78, 5) is 5.48. The number of aromatic nitrogens is 2. The first-order valence-electron chi connectivity index (χ1n) is 3.42. The van der Waals surface area contributed by atoms with E-state index in [1.165, 1.54) is 4.88 Å². The van der Waals surface area contributed by atoms with E-state index >= 15 is 0 Å². The number of hydrogen-bond acceptors (Lipinski definition) is 2. The summed E-state index contributed by atoms with van der Waals surface area (Å²) in [7, 11) is 0. The third-order valence-corrected chi connectivity index (χ3v) is 2.36. The highest BCUT2D eigenvalue weighted by Gasteiger charge is 1.97. The van der Waals surface area contributed by atoms with E-state index in [1.807, 2.05) is 35.3 Å². The molecule has 0 aliphatic heterocycles. The molecule has 0 amide bonds. The smallest absolute Gasteiger partial charge is 0.193 e. The van der Waals surface area contributed by atoms with Crippen LogP contribution in [0.1, 0.15) is 4.88 Å². The lowest BCUT2D eigenvalue weighted by Gasteiger charge is -1.92. The van der Waals surface area contributed by atoms with Gasteiger partial charge in [-0.25, -0.2) is 4.98 Å². The molecule has 2 aromatic heterocycles. The molecule has 0 fully saturated rings. The second-order valence-electron chi connectivity index (χ2n) is 2.34. The van der Waals surface area contributed by atoms with E-state index in [0.29, 0.717) is 0 Å². The molecule has 0 radical (unpaired) electrons. The number of rotatable bonds is 1. The van der Waals surface area contributed by atoms with E-state index in [0.717, 1.165) is 5.13 Å². The minimum Gasteiger partial charge on any atom is -0.300 e. The van der Waals surface area contributed by atoms with Gasteiger partial charge in [-0.15, -0.1) is 11.3 Å². The van der Waals surface area contributed by atoms with Gasteiger partial charge in [0.1, 0.15) is 0 Å². The summed E-state index contributed by atoms with van der Waals surface area (Å²) >= 11 is 1.70. The summed E-state index contributed by atoms with van der Waals surface area (Å²) in [6.45, 7) is 2.06. The van der Waals surface area contributed by atoms with Crippen molar-refractivity contribution >= 4 is 11.3 Å². The van der Waals surface area contributed by atoms with Gasteiger partial charge in [-0.1, -0.05) is 0 Å². The van der Waals surface area contributed by atoms with Crippen molar-refractivity contribution in [3.05, 3.63) is 35.6 Å². The molecule has 0 unspecified atom stereocenters. The van der Waals surface area contributed by atoms with Crippen LogP contribution in [-0.4, -0.2) is 9.55 Å². The zero-order valence-corrected chi connectivity index (χ0v) is 7.01. The predicted molar refractivity (Wildman–Crippen MR) is 46.2 cm³/mol.